The van der Waals surface area contributed by atoms with Gasteiger partial charge in [-0.25, -0.2) is 0 Å². The molecular formula is C26H35NO7S. The Morgan fingerprint density at radius 2 is 1.66 bits per heavy atom. The van der Waals surface area contributed by atoms with Crippen molar-refractivity contribution >= 4 is 32.5 Å². The van der Waals surface area contributed by atoms with Crippen LogP contribution in [-0.4, -0.2) is 56.5 Å². The smallest absolute Gasteiger partial charge is 0.295 e. The molecule has 3 atom stereocenters. The molecule has 1 fully saturated rings. The first-order valence-electron chi connectivity index (χ1n) is 12.2. The molecule has 0 spiro atoms. The second-order valence-corrected chi connectivity index (χ2v) is 10.4. The summed E-state index contributed by atoms with van der Waals surface area (Å²) >= 11 is 0. The third-order valence-electron chi connectivity index (χ3n) is 6.46. The molecule has 8 nitrogen and oxygen atoms in total. The van der Waals surface area contributed by atoms with Gasteiger partial charge < -0.3 is 15.2 Å². The molecule has 3 unspecified atom stereocenters. The highest BCUT2D eigenvalue weighted by Gasteiger charge is 2.31. The second kappa shape index (κ2) is 12.7. The summed E-state index contributed by atoms with van der Waals surface area (Å²) in [7, 11) is -4.49. The molecule has 1 saturated heterocycles. The van der Waals surface area contributed by atoms with Crippen LogP contribution in [0.25, 0.3) is 10.8 Å². The maximum Gasteiger partial charge on any atom is 0.295 e. The Morgan fingerprint density at radius 3 is 2.37 bits per heavy atom. The van der Waals surface area contributed by atoms with Gasteiger partial charge in [0, 0.05) is 37.5 Å². The van der Waals surface area contributed by atoms with E-state index >= 15 is 0 Å². The molecule has 0 aromatic heterocycles. The summed E-state index contributed by atoms with van der Waals surface area (Å²) in [5.74, 6) is -1.66. The van der Waals surface area contributed by atoms with Crippen LogP contribution in [0.3, 0.4) is 0 Å². The van der Waals surface area contributed by atoms with Crippen molar-refractivity contribution in [3.63, 3.8) is 0 Å². The molecule has 35 heavy (non-hydrogen) atoms. The third-order valence-corrected chi connectivity index (χ3v) is 7.37. The van der Waals surface area contributed by atoms with Gasteiger partial charge in [-0.1, -0.05) is 37.3 Å². The van der Waals surface area contributed by atoms with Crippen molar-refractivity contribution in [1.82, 2.24) is 0 Å². The molecular weight excluding hydrogens is 470 g/mol. The number of Topliss-reactive ketones (excluding diaryl/α,β-unsaturated/α-hetero) is 2. The van der Waals surface area contributed by atoms with Gasteiger partial charge in [0.25, 0.3) is 10.1 Å². The molecule has 0 aliphatic carbocycles. The van der Waals surface area contributed by atoms with Crippen molar-refractivity contribution < 1.29 is 32.0 Å². The fourth-order valence-electron chi connectivity index (χ4n) is 4.58. The lowest BCUT2D eigenvalue weighted by atomic mass is 9.84. The Labute approximate surface area is 206 Å². The molecule has 0 saturated carbocycles. The lowest BCUT2D eigenvalue weighted by Crippen LogP contribution is -2.28. The zero-order valence-corrected chi connectivity index (χ0v) is 21.0. The maximum atomic E-state index is 13.5. The van der Waals surface area contributed by atoms with Crippen LogP contribution in [0, 0.1) is 0 Å². The Hall–Kier alpha value is -2.17. The van der Waals surface area contributed by atoms with E-state index in [9.17, 15) is 22.6 Å². The predicted molar refractivity (Wildman–Crippen MR) is 133 cm³/mol. The quantitative estimate of drug-likeness (QED) is 0.475. The number of ether oxygens (including phenoxy) is 2. The highest BCUT2D eigenvalue weighted by molar-refractivity contribution is 7.86. The Bertz CT molecular complexity index is 1130. The van der Waals surface area contributed by atoms with Gasteiger partial charge in [-0.05, 0) is 49.1 Å². The highest BCUT2D eigenvalue weighted by Crippen LogP contribution is 2.32. The van der Waals surface area contributed by atoms with E-state index in [1.54, 1.807) is 24.3 Å². The summed E-state index contributed by atoms with van der Waals surface area (Å²) in [6.07, 6.45) is 3.64. The number of hydrogen-bond donors (Lipinski definition) is 2. The summed E-state index contributed by atoms with van der Waals surface area (Å²) < 4.78 is 45.1. The summed E-state index contributed by atoms with van der Waals surface area (Å²) in [5, 5.41) is 0.698. The van der Waals surface area contributed by atoms with Crippen LogP contribution in [0.15, 0.2) is 41.3 Å². The number of rotatable bonds is 3. The topological polar surface area (TPSA) is 133 Å². The van der Waals surface area contributed by atoms with Gasteiger partial charge >= 0.3 is 0 Å². The van der Waals surface area contributed by atoms with E-state index < -0.39 is 16.0 Å². The summed E-state index contributed by atoms with van der Waals surface area (Å²) in [6.45, 7) is 3.09. The number of ketones is 2. The average Bonchev–Trinajstić information content (AvgIpc) is 2.81. The minimum atomic E-state index is -4.49. The first-order valence-corrected chi connectivity index (χ1v) is 13.7. The van der Waals surface area contributed by atoms with Crippen molar-refractivity contribution in [2.24, 2.45) is 5.73 Å². The first-order chi connectivity index (χ1) is 16.7. The first kappa shape index (κ1) is 27.4. The molecule has 0 radical (unpaired) electrons. The van der Waals surface area contributed by atoms with Crippen molar-refractivity contribution in [3.05, 3.63) is 42.0 Å². The van der Waals surface area contributed by atoms with Crippen LogP contribution in [0.4, 0.5) is 0 Å². The number of carbonyl (C=O) groups is 2. The monoisotopic (exact) mass is 505 g/mol. The largest absolute Gasteiger partial charge is 0.381 e. The van der Waals surface area contributed by atoms with E-state index in [0.717, 1.165) is 25.7 Å². The minimum absolute atomic E-state index is 0.0501. The predicted octanol–water partition coefficient (Wildman–Crippen LogP) is 3.80. The van der Waals surface area contributed by atoms with E-state index in [1.807, 2.05) is 6.92 Å². The van der Waals surface area contributed by atoms with E-state index in [4.69, 9.17) is 15.2 Å². The molecule has 3 rings (SSSR count). The minimum Gasteiger partial charge on any atom is -0.381 e. The molecule has 192 valence electrons. The van der Waals surface area contributed by atoms with Gasteiger partial charge in [0.2, 0.25) is 0 Å². The normalized spacial score (nSPS) is 24.5. The van der Waals surface area contributed by atoms with Crippen molar-refractivity contribution in [2.75, 3.05) is 19.8 Å². The Morgan fingerprint density at radius 1 is 0.971 bits per heavy atom. The zero-order chi connectivity index (χ0) is 25.4. The molecule has 0 amide bonds. The van der Waals surface area contributed by atoms with Gasteiger partial charge in [0.05, 0.1) is 12.7 Å². The summed E-state index contributed by atoms with van der Waals surface area (Å²) in [4.78, 5) is 26.6. The molecule has 0 bridgehead atoms. The fraction of sp³-hybridized carbons (Fsp3) is 0.538. The number of carbonyl (C=O) groups excluding carboxylic acids is 2. The van der Waals surface area contributed by atoms with Crippen molar-refractivity contribution in [2.45, 2.75) is 74.8 Å². The Kier molecular flexibility index (Phi) is 9.94. The molecule has 1 aliphatic rings. The van der Waals surface area contributed by atoms with E-state index in [1.165, 1.54) is 12.1 Å². The number of nitrogens with two attached hydrogens (primary N) is 1. The number of hydrogen-bond acceptors (Lipinski definition) is 7. The van der Waals surface area contributed by atoms with Crippen molar-refractivity contribution in [1.29, 1.82) is 0 Å². The second-order valence-electron chi connectivity index (χ2n) is 9.05. The molecule has 2 aromatic rings. The molecule has 3 N–H and O–H groups in total. The van der Waals surface area contributed by atoms with Crippen LogP contribution in [0.1, 0.15) is 63.4 Å². The molecule has 2 aromatic carbocycles. The lowest BCUT2D eigenvalue weighted by molar-refractivity contribution is -0.131. The fourth-order valence-corrected chi connectivity index (χ4v) is 5.28. The van der Waals surface area contributed by atoms with E-state index in [2.05, 4.69) is 0 Å². The van der Waals surface area contributed by atoms with Gasteiger partial charge in [-0.2, -0.15) is 8.42 Å². The van der Waals surface area contributed by atoms with Crippen LogP contribution in [-0.2, 0) is 29.2 Å². The highest BCUT2D eigenvalue weighted by atomic mass is 32.2. The SMILES string of the molecule is CCC1CC(=O)C(c2cccc3c(S(=O)(=O)O)cccc23)C(=O)CCOCCCC(N)CCCO1. The summed E-state index contributed by atoms with van der Waals surface area (Å²) in [5.41, 5.74) is 6.57. The van der Waals surface area contributed by atoms with Crippen LogP contribution < -0.4 is 5.73 Å². The third kappa shape index (κ3) is 7.41. The average molecular weight is 506 g/mol. The van der Waals surface area contributed by atoms with Gasteiger partial charge in [0.1, 0.15) is 22.4 Å². The molecule has 1 aliphatic heterocycles. The van der Waals surface area contributed by atoms with Crippen LogP contribution in [0.2, 0.25) is 0 Å². The maximum absolute atomic E-state index is 13.5. The Balaban J connectivity index is 1.98. The summed E-state index contributed by atoms with van der Waals surface area (Å²) in [6, 6.07) is 9.33. The van der Waals surface area contributed by atoms with Crippen molar-refractivity contribution in [3.8, 4) is 0 Å². The van der Waals surface area contributed by atoms with Crippen LogP contribution >= 0.6 is 0 Å². The standard InChI is InChI=1S/C26H35NO7S/c1-2-19-17-24(29)26(23(28)13-16-33-14-5-7-18(27)8-6-15-34-19)22-11-3-10-21-20(22)9-4-12-25(21)35(30,31)32/h3-4,9-12,18-19,26H,2,5-8,13-17,27H2,1H3,(H,30,31,32). The van der Waals surface area contributed by atoms with E-state index in [0.29, 0.717) is 30.6 Å². The van der Waals surface area contributed by atoms with Gasteiger partial charge in [-0.3, -0.25) is 14.1 Å². The molecule has 1 heterocycles. The van der Waals surface area contributed by atoms with Gasteiger partial charge in [0.15, 0.2) is 0 Å². The zero-order valence-electron chi connectivity index (χ0n) is 20.1. The number of fused-ring (bicyclic) bond motifs is 1. The van der Waals surface area contributed by atoms with Gasteiger partial charge in [-0.15, -0.1) is 0 Å². The molecule has 9 heteroatoms. The van der Waals surface area contributed by atoms with Crippen LogP contribution in [0.5, 0.6) is 0 Å². The number of benzene rings is 2. The van der Waals surface area contributed by atoms with E-state index in [-0.39, 0.29) is 53.4 Å². The lowest BCUT2D eigenvalue weighted by Gasteiger charge is -2.22.